The van der Waals surface area contributed by atoms with Crippen LogP contribution in [0, 0.1) is 0 Å². The van der Waals surface area contributed by atoms with Crippen molar-refractivity contribution in [2.24, 2.45) is 0 Å². The van der Waals surface area contributed by atoms with E-state index in [2.05, 4.69) is 61.9 Å². The van der Waals surface area contributed by atoms with Gasteiger partial charge in [0.05, 0.1) is 6.04 Å². The van der Waals surface area contributed by atoms with Crippen molar-refractivity contribution >= 4 is 37.4 Å². The summed E-state index contributed by atoms with van der Waals surface area (Å²) < 4.78 is 2.32. The summed E-state index contributed by atoms with van der Waals surface area (Å²) >= 11 is 5.27. The lowest BCUT2D eigenvalue weighted by molar-refractivity contribution is 0.695. The fraction of sp³-hybridized carbons (Fsp3) is 0.133. The Morgan fingerprint density at radius 2 is 2.11 bits per heavy atom. The molecule has 1 N–H and O–H groups in total. The number of hydrogen-bond acceptors (Lipinski definition) is 3. The van der Waals surface area contributed by atoms with Crippen molar-refractivity contribution in [3.8, 4) is 0 Å². The minimum Gasteiger partial charge on any atom is -0.309 e. The number of halogens is 1. The summed E-state index contributed by atoms with van der Waals surface area (Å²) in [5.74, 6) is 0. The van der Waals surface area contributed by atoms with E-state index in [0.29, 0.717) is 0 Å². The molecule has 0 spiro atoms. The molecular weight excluding hydrogens is 320 g/mol. The lowest BCUT2D eigenvalue weighted by Crippen LogP contribution is -2.17. The highest BCUT2D eigenvalue weighted by molar-refractivity contribution is 9.10. The molecule has 2 heterocycles. The summed E-state index contributed by atoms with van der Waals surface area (Å²) in [7, 11) is 1.98. The van der Waals surface area contributed by atoms with Gasteiger partial charge in [0.1, 0.15) is 0 Å². The molecule has 0 aliphatic rings. The highest BCUT2D eigenvalue weighted by Gasteiger charge is 2.16. The molecule has 0 saturated heterocycles. The van der Waals surface area contributed by atoms with Gasteiger partial charge in [-0.2, -0.15) is 0 Å². The van der Waals surface area contributed by atoms with Crippen molar-refractivity contribution in [2.45, 2.75) is 6.04 Å². The molecule has 0 fully saturated rings. The maximum absolute atomic E-state index is 4.26. The van der Waals surface area contributed by atoms with E-state index >= 15 is 0 Å². The molecule has 0 saturated carbocycles. The maximum Gasteiger partial charge on any atom is 0.0604 e. The Morgan fingerprint density at radius 1 is 1.26 bits per heavy atom. The van der Waals surface area contributed by atoms with Crippen LogP contribution in [0.3, 0.4) is 0 Å². The number of pyridine rings is 1. The van der Waals surface area contributed by atoms with Crippen LogP contribution in [0.5, 0.6) is 0 Å². The van der Waals surface area contributed by atoms with Gasteiger partial charge in [0.15, 0.2) is 0 Å². The van der Waals surface area contributed by atoms with Crippen molar-refractivity contribution in [3.05, 3.63) is 63.7 Å². The first-order chi connectivity index (χ1) is 9.29. The first-order valence-electron chi connectivity index (χ1n) is 6.03. The van der Waals surface area contributed by atoms with Crippen LogP contribution in [0.2, 0.25) is 0 Å². The number of rotatable bonds is 3. The van der Waals surface area contributed by atoms with Crippen LogP contribution in [-0.4, -0.2) is 12.0 Å². The number of hydrogen-bond donors (Lipinski definition) is 1. The van der Waals surface area contributed by atoms with Gasteiger partial charge in [-0.15, -0.1) is 11.3 Å². The van der Waals surface area contributed by atoms with E-state index in [4.69, 9.17) is 0 Å². The number of aromatic nitrogens is 1. The van der Waals surface area contributed by atoms with Crippen LogP contribution in [-0.2, 0) is 0 Å². The van der Waals surface area contributed by atoms with E-state index in [0.717, 1.165) is 4.47 Å². The zero-order valence-electron chi connectivity index (χ0n) is 10.4. The number of nitrogens with one attached hydrogen (secondary N) is 1. The number of thiophene rings is 1. The average Bonchev–Trinajstić information content (AvgIpc) is 2.84. The minimum absolute atomic E-state index is 0.168. The summed E-state index contributed by atoms with van der Waals surface area (Å²) in [5.41, 5.74) is 2.48. The second-order valence-corrected chi connectivity index (χ2v) is 6.17. The Hall–Kier alpha value is -1.23. The van der Waals surface area contributed by atoms with Crippen molar-refractivity contribution in [2.75, 3.05) is 7.05 Å². The van der Waals surface area contributed by atoms with Crippen molar-refractivity contribution in [1.29, 1.82) is 0 Å². The number of benzene rings is 1. The van der Waals surface area contributed by atoms with Crippen molar-refractivity contribution in [1.82, 2.24) is 10.3 Å². The van der Waals surface area contributed by atoms with Gasteiger partial charge in [-0.25, -0.2) is 0 Å². The zero-order valence-corrected chi connectivity index (χ0v) is 12.8. The summed E-state index contributed by atoms with van der Waals surface area (Å²) in [4.78, 5) is 4.26. The van der Waals surface area contributed by atoms with Crippen molar-refractivity contribution < 1.29 is 0 Å². The van der Waals surface area contributed by atoms with Gasteiger partial charge in [-0.1, -0.05) is 18.2 Å². The third-order valence-electron chi connectivity index (χ3n) is 3.17. The van der Waals surface area contributed by atoms with Gasteiger partial charge in [0.2, 0.25) is 0 Å². The second kappa shape index (κ2) is 5.41. The zero-order chi connectivity index (χ0) is 13.2. The van der Waals surface area contributed by atoms with Crippen LogP contribution in [0.25, 0.3) is 10.1 Å². The Balaban J connectivity index is 2.12. The SMILES string of the molecule is CNC(c1cncc(Br)c1)c1csc2ccccc12. The molecule has 0 aliphatic heterocycles. The van der Waals surface area contributed by atoms with Crippen LogP contribution in [0.15, 0.2) is 52.6 Å². The monoisotopic (exact) mass is 332 g/mol. The maximum atomic E-state index is 4.26. The average molecular weight is 333 g/mol. The molecule has 0 radical (unpaired) electrons. The minimum atomic E-state index is 0.168. The van der Waals surface area contributed by atoms with E-state index in [9.17, 15) is 0 Å². The molecule has 0 aliphatic carbocycles. The smallest absolute Gasteiger partial charge is 0.0604 e. The van der Waals surface area contributed by atoms with E-state index in [1.54, 1.807) is 11.3 Å². The first kappa shape index (κ1) is 12.8. The largest absolute Gasteiger partial charge is 0.309 e. The molecule has 3 rings (SSSR count). The van der Waals surface area contributed by atoms with E-state index in [-0.39, 0.29) is 6.04 Å². The third-order valence-corrected chi connectivity index (χ3v) is 4.59. The molecule has 1 atom stereocenters. The quantitative estimate of drug-likeness (QED) is 0.770. The Labute approximate surface area is 124 Å². The van der Waals surface area contributed by atoms with E-state index in [1.165, 1.54) is 21.2 Å². The molecule has 0 amide bonds. The Morgan fingerprint density at radius 3 is 2.89 bits per heavy atom. The Bertz CT molecular complexity index is 708. The second-order valence-electron chi connectivity index (χ2n) is 4.35. The topological polar surface area (TPSA) is 24.9 Å². The fourth-order valence-electron chi connectivity index (χ4n) is 2.31. The van der Waals surface area contributed by atoms with Gasteiger partial charge in [0.25, 0.3) is 0 Å². The van der Waals surface area contributed by atoms with E-state index in [1.807, 2.05) is 19.4 Å². The fourth-order valence-corrected chi connectivity index (χ4v) is 3.68. The molecule has 1 aromatic carbocycles. The molecule has 0 bridgehead atoms. The van der Waals surface area contributed by atoms with Crippen LogP contribution in [0.4, 0.5) is 0 Å². The first-order valence-corrected chi connectivity index (χ1v) is 7.70. The molecule has 4 heteroatoms. The molecule has 2 nitrogen and oxygen atoms in total. The molecule has 3 aromatic rings. The van der Waals surface area contributed by atoms with E-state index < -0.39 is 0 Å². The van der Waals surface area contributed by atoms with Crippen LogP contribution >= 0.6 is 27.3 Å². The number of fused-ring (bicyclic) bond motifs is 1. The van der Waals surface area contributed by atoms with Gasteiger partial charge >= 0.3 is 0 Å². The highest BCUT2D eigenvalue weighted by Crippen LogP contribution is 2.33. The third kappa shape index (κ3) is 2.43. The molecule has 19 heavy (non-hydrogen) atoms. The molecule has 96 valence electrons. The van der Waals surface area contributed by atoms with Crippen molar-refractivity contribution in [3.63, 3.8) is 0 Å². The normalized spacial score (nSPS) is 12.7. The standard InChI is InChI=1S/C15H13BrN2S/c1-17-15(10-6-11(16)8-18-7-10)13-9-19-14-5-3-2-4-12(13)14/h2-9,15,17H,1H3. The highest BCUT2D eigenvalue weighted by atomic mass is 79.9. The lowest BCUT2D eigenvalue weighted by atomic mass is 10.00. The molecule has 2 aromatic heterocycles. The summed E-state index contributed by atoms with van der Waals surface area (Å²) in [5, 5.41) is 6.93. The van der Waals surface area contributed by atoms with Gasteiger partial charge < -0.3 is 5.32 Å². The predicted molar refractivity (Wildman–Crippen MR) is 84.7 cm³/mol. The Kier molecular flexibility index (Phi) is 3.64. The summed E-state index contributed by atoms with van der Waals surface area (Å²) in [6.45, 7) is 0. The summed E-state index contributed by atoms with van der Waals surface area (Å²) in [6.07, 6.45) is 3.72. The molecular formula is C15H13BrN2S. The predicted octanol–water partition coefficient (Wildman–Crippen LogP) is 4.37. The van der Waals surface area contributed by atoms with Gasteiger partial charge in [-0.3, -0.25) is 4.98 Å². The van der Waals surface area contributed by atoms with Crippen LogP contribution in [0.1, 0.15) is 17.2 Å². The van der Waals surface area contributed by atoms with Crippen LogP contribution < -0.4 is 5.32 Å². The summed E-state index contributed by atoms with van der Waals surface area (Å²) in [6, 6.07) is 10.8. The van der Waals surface area contributed by atoms with Gasteiger partial charge in [-0.05, 0) is 57.0 Å². The number of nitrogens with zero attached hydrogens (tertiary/aromatic N) is 1. The molecule has 1 unspecified atom stereocenters. The lowest BCUT2D eigenvalue weighted by Gasteiger charge is -2.16. The van der Waals surface area contributed by atoms with Gasteiger partial charge in [0, 0.05) is 21.6 Å².